The van der Waals surface area contributed by atoms with E-state index < -0.39 is 0 Å². The summed E-state index contributed by atoms with van der Waals surface area (Å²) in [4.78, 5) is 11.4. The molecule has 0 heterocycles. The van der Waals surface area contributed by atoms with Crippen LogP contribution in [0.15, 0.2) is 36.9 Å². The van der Waals surface area contributed by atoms with Gasteiger partial charge in [-0.15, -0.1) is 0 Å². The molecule has 1 aliphatic rings. The lowest BCUT2D eigenvalue weighted by atomic mass is 9.80. The average molecular weight is 231 g/mol. The summed E-state index contributed by atoms with van der Waals surface area (Å²) in [7, 11) is 0. The number of hydrogen-bond donors (Lipinski definition) is 2. The molecule has 1 aliphatic carbocycles. The summed E-state index contributed by atoms with van der Waals surface area (Å²) >= 11 is 0. The van der Waals surface area contributed by atoms with Gasteiger partial charge in [-0.25, -0.2) is 0 Å². The SMILES string of the molecule is C=CC(=O)NC1c2ccccc2CCC1CO. The molecule has 2 N–H and O–H groups in total. The summed E-state index contributed by atoms with van der Waals surface area (Å²) in [6.07, 6.45) is 3.13. The highest BCUT2D eigenvalue weighted by Gasteiger charge is 2.29. The van der Waals surface area contributed by atoms with Crippen molar-refractivity contribution in [1.29, 1.82) is 0 Å². The van der Waals surface area contributed by atoms with Gasteiger partial charge in [0.25, 0.3) is 0 Å². The Morgan fingerprint density at radius 1 is 1.53 bits per heavy atom. The Morgan fingerprint density at radius 3 is 3.00 bits per heavy atom. The third-order valence-corrected chi connectivity index (χ3v) is 3.36. The molecule has 3 nitrogen and oxygen atoms in total. The van der Waals surface area contributed by atoms with Crippen LogP contribution < -0.4 is 5.32 Å². The van der Waals surface area contributed by atoms with Gasteiger partial charge in [-0.05, 0) is 30.0 Å². The minimum absolute atomic E-state index is 0.0915. The summed E-state index contributed by atoms with van der Waals surface area (Å²) in [5.74, 6) is -0.0982. The van der Waals surface area contributed by atoms with Crippen molar-refractivity contribution in [3.8, 4) is 0 Å². The number of rotatable bonds is 3. The van der Waals surface area contributed by atoms with Gasteiger partial charge < -0.3 is 10.4 Å². The highest BCUT2D eigenvalue weighted by molar-refractivity contribution is 5.87. The second kappa shape index (κ2) is 5.15. The Hall–Kier alpha value is -1.61. The van der Waals surface area contributed by atoms with Crippen molar-refractivity contribution in [2.24, 2.45) is 5.92 Å². The van der Waals surface area contributed by atoms with Crippen molar-refractivity contribution in [2.45, 2.75) is 18.9 Å². The van der Waals surface area contributed by atoms with E-state index in [0.29, 0.717) is 0 Å². The zero-order valence-corrected chi connectivity index (χ0v) is 9.73. The van der Waals surface area contributed by atoms with Gasteiger partial charge in [-0.2, -0.15) is 0 Å². The predicted molar refractivity (Wildman–Crippen MR) is 66.4 cm³/mol. The third kappa shape index (κ3) is 2.39. The fourth-order valence-electron chi connectivity index (χ4n) is 2.43. The Morgan fingerprint density at radius 2 is 2.29 bits per heavy atom. The van der Waals surface area contributed by atoms with Crippen molar-refractivity contribution in [3.05, 3.63) is 48.0 Å². The molecule has 1 aromatic rings. The van der Waals surface area contributed by atoms with Gasteiger partial charge in [0.1, 0.15) is 0 Å². The summed E-state index contributed by atoms with van der Waals surface area (Å²) in [6, 6.07) is 7.97. The fraction of sp³-hybridized carbons (Fsp3) is 0.357. The first kappa shape index (κ1) is 11.9. The van der Waals surface area contributed by atoms with Gasteiger partial charge in [-0.1, -0.05) is 30.8 Å². The van der Waals surface area contributed by atoms with E-state index >= 15 is 0 Å². The molecule has 0 saturated heterocycles. The maximum Gasteiger partial charge on any atom is 0.243 e. The predicted octanol–water partition coefficient (Wildman–Crippen LogP) is 1.58. The summed E-state index contributed by atoms with van der Waals surface area (Å²) in [6.45, 7) is 3.55. The van der Waals surface area contributed by atoms with Crippen LogP contribution in [0.25, 0.3) is 0 Å². The molecular formula is C14H17NO2. The summed E-state index contributed by atoms with van der Waals surface area (Å²) < 4.78 is 0. The molecule has 2 atom stereocenters. The lowest BCUT2D eigenvalue weighted by molar-refractivity contribution is -0.117. The van der Waals surface area contributed by atoms with Crippen LogP contribution in [-0.4, -0.2) is 17.6 Å². The standard InChI is InChI=1S/C14H17NO2/c1-2-13(17)15-14-11(9-16)8-7-10-5-3-4-6-12(10)14/h2-6,11,14,16H,1,7-9H2,(H,15,17). The number of fused-ring (bicyclic) bond motifs is 1. The maximum atomic E-state index is 11.4. The van der Waals surface area contributed by atoms with Crippen LogP contribution in [0, 0.1) is 5.92 Å². The molecule has 0 radical (unpaired) electrons. The molecule has 1 aromatic carbocycles. The molecule has 0 bridgehead atoms. The number of hydrogen-bond acceptors (Lipinski definition) is 2. The topological polar surface area (TPSA) is 49.3 Å². The number of amides is 1. The normalized spacial score (nSPS) is 22.6. The lowest BCUT2D eigenvalue weighted by Crippen LogP contribution is -2.37. The molecule has 0 spiro atoms. The number of aliphatic hydroxyl groups excluding tert-OH is 1. The highest BCUT2D eigenvalue weighted by Crippen LogP contribution is 2.33. The highest BCUT2D eigenvalue weighted by atomic mass is 16.3. The second-order valence-electron chi connectivity index (χ2n) is 4.37. The number of nitrogens with one attached hydrogen (secondary N) is 1. The number of carbonyl (C=O) groups excluding carboxylic acids is 1. The largest absolute Gasteiger partial charge is 0.396 e. The van der Waals surface area contributed by atoms with E-state index in [4.69, 9.17) is 0 Å². The number of aryl methyl sites for hydroxylation is 1. The van der Waals surface area contributed by atoms with E-state index in [-0.39, 0.29) is 24.5 Å². The number of aliphatic hydroxyl groups is 1. The van der Waals surface area contributed by atoms with Crippen LogP contribution in [0.4, 0.5) is 0 Å². The van der Waals surface area contributed by atoms with Crippen LogP contribution in [-0.2, 0) is 11.2 Å². The van der Waals surface area contributed by atoms with Crippen molar-refractivity contribution in [1.82, 2.24) is 5.32 Å². The molecule has 2 rings (SSSR count). The van der Waals surface area contributed by atoms with Gasteiger partial charge in [0, 0.05) is 12.5 Å². The summed E-state index contributed by atoms with van der Waals surface area (Å²) in [5, 5.41) is 12.3. The third-order valence-electron chi connectivity index (χ3n) is 3.36. The van der Waals surface area contributed by atoms with E-state index in [9.17, 15) is 9.90 Å². The zero-order chi connectivity index (χ0) is 12.3. The van der Waals surface area contributed by atoms with Crippen LogP contribution in [0.1, 0.15) is 23.6 Å². The molecule has 90 valence electrons. The molecule has 17 heavy (non-hydrogen) atoms. The molecule has 0 aromatic heterocycles. The number of carbonyl (C=O) groups is 1. The molecule has 2 unspecified atom stereocenters. The molecular weight excluding hydrogens is 214 g/mol. The molecule has 0 aliphatic heterocycles. The fourth-order valence-corrected chi connectivity index (χ4v) is 2.43. The van der Waals surface area contributed by atoms with Gasteiger partial charge in [0.15, 0.2) is 0 Å². The average Bonchev–Trinajstić information content (AvgIpc) is 2.39. The van der Waals surface area contributed by atoms with Crippen molar-refractivity contribution < 1.29 is 9.90 Å². The Bertz CT molecular complexity index is 428. The monoisotopic (exact) mass is 231 g/mol. The van der Waals surface area contributed by atoms with E-state index in [0.717, 1.165) is 18.4 Å². The smallest absolute Gasteiger partial charge is 0.243 e. The minimum Gasteiger partial charge on any atom is -0.396 e. The molecule has 1 amide bonds. The van der Waals surface area contributed by atoms with Crippen molar-refractivity contribution in [2.75, 3.05) is 6.61 Å². The first-order chi connectivity index (χ1) is 8.26. The van der Waals surface area contributed by atoms with Crippen LogP contribution in [0.2, 0.25) is 0 Å². The van der Waals surface area contributed by atoms with E-state index in [2.05, 4.69) is 18.0 Å². The second-order valence-corrected chi connectivity index (χ2v) is 4.37. The Kier molecular flexibility index (Phi) is 3.59. The zero-order valence-electron chi connectivity index (χ0n) is 9.73. The van der Waals surface area contributed by atoms with Gasteiger partial charge >= 0.3 is 0 Å². The molecule has 0 saturated carbocycles. The Balaban J connectivity index is 2.30. The quantitative estimate of drug-likeness (QED) is 0.776. The maximum absolute atomic E-state index is 11.4. The van der Waals surface area contributed by atoms with Crippen molar-refractivity contribution >= 4 is 5.91 Å². The van der Waals surface area contributed by atoms with Crippen LogP contribution >= 0.6 is 0 Å². The first-order valence-electron chi connectivity index (χ1n) is 5.88. The first-order valence-corrected chi connectivity index (χ1v) is 5.88. The van der Waals surface area contributed by atoms with E-state index in [1.54, 1.807) is 0 Å². The van der Waals surface area contributed by atoms with Crippen LogP contribution in [0.5, 0.6) is 0 Å². The van der Waals surface area contributed by atoms with E-state index in [1.165, 1.54) is 11.6 Å². The number of benzene rings is 1. The lowest BCUT2D eigenvalue weighted by Gasteiger charge is -2.32. The summed E-state index contributed by atoms with van der Waals surface area (Å²) in [5.41, 5.74) is 2.37. The van der Waals surface area contributed by atoms with Gasteiger partial charge in [0.2, 0.25) is 5.91 Å². The molecule has 0 fully saturated rings. The van der Waals surface area contributed by atoms with Crippen molar-refractivity contribution in [3.63, 3.8) is 0 Å². The van der Waals surface area contributed by atoms with Gasteiger partial charge in [0.05, 0.1) is 6.04 Å². The van der Waals surface area contributed by atoms with Gasteiger partial charge in [-0.3, -0.25) is 4.79 Å². The van der Waals surface area contributed by atoms with E-state index in [1.807, 2.05) is 18.2 Å². The Labute approximate surface area is 101 Å². The van der Waals surface area contributed by atoms with Crippen LogP contribution in [0.3, 0.4) is 0 Å². The minimum atomic E-state index is -0.190. The molecule has 3 heteroatoms.